The highest BCUT2D eigenvalue weighted by molar-refractivity contribution is 5.77. The molecule has 0 aliphatic heterocycles. The Hall–Kier alpha value is -2.67. The van der Waals surface area contributed by atoms with Crippen LogP contribution in [-0.2, 0) is 19.3 Å². The lowest BCUT2D eigenvalue weighted by Crippen LogP contribution is -1.98. The van der Waals surface area contributed by atoms with E-state index in [1.165, 1.54) is 16.7 Å². The fraction of sp³-hybridized carbons (Fsp3) is 0.136. The van der Waals surface area contributed by atoms with E-state index in [4.69, 9.17) is 0 Å². The second kappa shape index (κ2) is 7.55. The van der Waals surface area contributed by atoms with Gasteiger partial charge in [-0.25, -0.2) is 0 Å². The summed E-state index contributed by atoms with van der Waals surface area (Å²) in [4.78, 5) is 11.4. The monoisotopic (exact) mass is 300 g/mol. The molecule has 3 rings (SSSR count). The van der Waals surface area contributed by atoms with Crippen molar-refractivity contribution in [1.82, 2.24) is 0 Å². The van der Waals surface area contributed by atoms with Crippen LogP contribution >= 0.6 is 0 Å². The molecule has 3 aromatic rings. The fourth-order valence-electron chi connectivity index (χ4n) is 2.85. The first-order valence-corrected chi connectivity index (χ1v) is 8.00. The average Bonchev–Trinajstić information content (AvgIpc) is 2.62. The number of rotatable bonds is 6. The standard InChI is InChI=1S/C22H20O/c23-17-22-16-20(15-19-9-5-2-6-10-19)12-14-21(22)13-11-18-7-3-1-4-8-18/h1-10,12,14,16-17H,11,13,15H2. The lowest BCUT2D eigenvalue weighted by molar-refractivity contribution is 0.112. The minimum atomic E-state index is 0.814. The lowest BCUT2D eigenvalue weighted by atomic mass is 9.96. The summed E-state index contributed by atoms with van der Waals surface area (Å²) in [5.41, 5.74) is 5.69. The normalized spacial score (nSPS) is 10.4. The molecule has 0 radical (unpaired) electrons. The molecular weight excluding hydrogens is 280 g/mol. The summed E-state index contributed by atoms with van der Waals surface area (Å²) < 4.78 is 0. The van der Waals surface area contributed by atoms with Crippen LogP contribution < -0.4 is 0 Å². The van der Waals surface area contributed by atoms with E-state index < -0.39 is 0 Å². The topological polar surface area (TPSA) is 17.1 Å². The zero-order chi connectivity index (χ0) is 15.9. The highest BCUT2D eigenvalue weighted by atomic mass is 16.1. The minimum Gasteiger partial charge on any atom is -0.298 e. The summed E-state index contributed by atoms with van der Waals surface area (Å²) in [6.07, 6.45) is 3.69. The first-order valence-electron chi connectivity index (χ1n) is 8.00. The van der Waals surface area contributed by atoms with Gasteiger partial charge >= 0.3 is 0 Å². The molecule has 0 saturated heterocycles. The van der Waals surface area contributed by atoms with Crippen molar-refractivity contribution < 1.29 is 4.79 Å². The van der Waals surface area contributed by atoms with Crippen molar-refractivity contribution in [2.45, 2.75) is 19.3 Å². The number of hydrogen-bond acceptors (Lipinski definition) is 1. The van der Waals surface area contributed by atoms with E-state index in [-0.39, 0.29) is 0 Å². The van der Waals surface area contributed by atoms with Gasteiger partial charge in [-0.2, -0.15) is 0 Å². The van der Waals surface area contributed by atoms with Crippen LogP contribution in [0.25, 0.3) is 0 Å². The molecule has 0 atom stereocenters. The van der Waals surface area contributed by atoms with Crippen LogP contribution in [0.5, 0.6) is 0 Å². The molecule has 0 aromatic heterocycles. The summed E-state index contributed by atoms with van der Waals surface area (Å²) in [5.74, 6) is 0. The van der Waals surface area contributed by atoms with Crippen LogP contribution in [0.1, 0.15) is 32.6 Å². The number of benzene rings is 3. The van der Waals surface area contributed by atoms with Crippen molar-refractivity contribution in [3.63, 3.8) is 0 Å². The second-order valence-electron chi connectivity index (χ2n) is 5.80. The highest BCUT2D eigenvalue weighted by Crippen LogP contribution is 2.16. The van der Waals surface area contributed by atoms with E-state index in [0.717, 1.165) is 36.7 Å². The lowest BCUT2D eigenvalue weighted by Gasteiger charge is -2.08. The van der Waals surface area contributed by atoms with E-state index in [1.54, 1.807) is 0 Å². The third-order valence-electron chi connectivity index (χ3n) is 4.11. The molecule has 23 heavy (non-hydrogen) atoms. The summed E-state index contributed by atoms with van der Waals surface area (Å²) in [7, 11) is 0. The predicted octanol–water partition coefficient (Wildman–Crippen LogP) is 4.88. The Morgan fingerprint density at radius 1 is 0.652 bits per heavy atom. The molecule has 114 valence electrons. The van der Waals surface area contributed by atoms with Crippen LogP contribution in [-0.4, -0.2) is 6.29 Å². The van der Waals surface area contributed by atoms with E-state index in [2.05, 4.69) is 48.5 Å². The smallest absolute Gasteiger partial charge is 0.150 e. The van der Waals surface area contributed by atoms with Crippen molar-refractivity contribution in [3.05, 3.63) is 107 Å². The van der Waals surface area contributed by atoms with Crippen molar-refractivity contribution in [1.29, 1.82) is 0 Å². The minimum absolute atomic E-state index is 0.814. The molecule has 3 aromatic carbocycles. The number of carbonyl (C=O) groups excluding carboxylic acids is 1. The third-order valence-corrected chi connectivity index (χ3v) is 4.11. The third kappa shape index (κ3) is 4.17. The second-order valence-corrected chi connectivity index (χ2v) is 5.80. The summed E-state index contributed by atoms with van der Waals surface area (Å²) >= 11 is 0. The van der Waals surface area contributed by atoms with Gasteiger partial charge in [0.2, 0.25) is 0 Å². The molecule has 0 unspecified atom stereocenters. The van der Waals surface area contributed by atoms with Gasteiger partial charge in [-0.3, -0.25) is 4.79 Å². The van der Waals surface area contributed by atoms with Gasteiger partial charge in [-0.15, -0.1) is 0 Å². The first-order chi connectivity index (χ1) is 11.3. The zero-order valence-corrected chi connectivity index (χ0v) is 13.1. The molecule has 0 aliphatic rings. The number of carbonyl (C=O) groups is 1. The van der Waals surface area contributed by atoms with Crippen LogP contribution in [0.3, 0.4) is 0 Å². The first kappa shape index (κ1) is 15.2. The molecule has 1 heteroatoms. The highest BCUT2D eigenvalue weighted by Gasteiger charge is 2.05. The molecule has 0 fully saturated rings. The fourth-order valence-corrected chi connectivity index (χ4v) is 2.85. The summed E-state index contributed by atoms with van der Waals surface area (Å²) in [5, 5.41) is 0. The van der Waals surface area contributed by atoms with Crippen LogP contribution in [0.4, 0.5) is 0 Å². The van der Waals surface area contributed by atoms with Gasteiger partial charge < -0.3 is 0 Å². The zero-order valence-electron chi connectivity index (χ0n) is 13.1. The molecule has 0 saturated carbocycles. The molecular formula is C22H20O. The van der Waals surface area contributed by atoms with Gasteiger partial charge in [0.1, 0.15) is 6.29 Å². The van der Waals surface area contributed by atoms with Crippen LogP contribution in [0, 0.1) is 0 Å². The molecule has 0 heterocycles. The Kier molecular flexibility index (Phi) is 5.00. The summed E-state index contributed by atoms with van der Waals surface area (Å²) in [6, 6.07) is 27.0. The van der Waals surface area contributed by atoms with Crippen molar-refractivity contribution >= 4 is 6.29 Å². The van der Waals surface area contributed by atoms with Crippen LogP contribution in [0.2, 0.25) is 0 Å². The van der Waals surface area contributed by atoms with E-state index in [1.807, 2.05) is 30.3 Å². The maximum atomic E-state index is 11.4. The Morgan fingerprint density at radius 3 is 1.96 bits per heavy atom. The summed E-state index contributed by atoms with van der Waals surface area (Å²) in [6.45, 7) is 0. The quantitative estimate of drug-likeness (QED) is 0.593. The Labute approximate surface area is 137 Å². The Balaban J connectivity index is 1.73. The molecule has 0 amide bonds. The molecule has 0 aliphatic carbocycles. The molecule has 0 spiro atoms. The van der Waals surface area contributed by atoms with Crippen molar-refractivity contribution in [2.24, 2.45) is 0 Å². The van der Waals surface area contributed by atoms with Gasteiger partial charge in [0, 0.05) is 5.56 Å². The van der Waals surface area contributed by atoms with Crippen molar-refractivity contribution in [3.8, 4) is 0 Å². The number of aldehydes is 1. The average molecular weight is 300 g/mol. The van der Waals surface area contributed by atoms with Gasteiger partial charge in [0.05, 0.1) is 0 Å². The maximum Gasteiger partial charge on any atom is 0.150 e. The van der Waals surface area contributed by atoms with Crippen molar-refractivity contribution in [2.75, 3.05) is 0 Å². The van der Waals surface area contributed by atoms with E-state index in [0.29, 0.717) is 0 Å². The van der Waals surface area contributed by atoms with Gasteiger partial charge in [-0.1, -0.05) is 72.8 Å². The largest absolute Gasteiger partial charge is 0.298 e. The van der Waals surface area contributed by atoms with E-state index in [9.17, 15) is 4.79 Å². The van der Waals surface area contributed by atoms with Gasteiger partial charge in [0.15, 0.2) is 0 Å². The van der Waals surface area contributed by atoms with Gasteiger partial charge in [0.25, 0.3) is 0 Å². The Morgan fingerprint density at radius 2 is 1.30 bits per heavy atom. The van der Waals surface area contributed by atoms with E-state index >= 15 is 0 Å². The molecule has 1 nitrogen and oxygen atoms in total. The number of hydrogen-bond donors (Lipinski definition) is 0. The van der Waals surface area contributed by atoms with Crippen LogP contribution in [0.15, 0.2) is 78.9 Å². The van der Waals surface area contributed by atoms with Gasteiger partial charge in [-0.05, 0) is 47.6 Å². The predicted molar refractivity (Wildman–Crippen MR) is 94.9 cm³/mol. The molecule has 0 N–H and O–H groups in total. The SMILES string of the molecule is O=Cc1cc(Cc2ccccc2)ccc1CCc1ccccc1. The number of aryl methyl sites for hydroxylation is 2. The maximum absolute atomic E-state index is 11.4. The Bertz CT molecular complexity index is 760. The molecule has 0 bridgehead atoms.